The van der Waals surface area contributed by atoms with Crippen molar-refractivity contribution in [3.05, 3.63) is 65.5 Å². The van der Waals surface area contributed by atoms with Gasteiger partial charge in [0.1, 0.15) is 5.75 Å². The van der Waals surface area contributed by atoms with Crippen molar-refractivity contribution >= 4 is 5.97 Å². The maximum absolute atomic E-state index is 12.9. The van der Waals surface area contributed by atoms with E-state index in [9.17, 15) is 18.0 Å². The van der Waals surface area contributed by atoms with E-state index in [-0.39, 0.29) is 5.75 Å². The van der Waals surface area contributed by atoms with Crippen molar-refractivity contribution in [3.63, 3.8) is 0 Å². The van der Waals surface area contributed by atoms with Crippen LogP contribution in [0.5, 0.6) is 5.75 Å². The first-order valence-corrected chi connectivity index (χ1v) is 4.99. The summed E-state index contributed by atoms with van der Waals surface area (Å²) in [5, 5.41) is 0. The molecular weight excluding hydrogens is 245 g/mol. The first-order valence-electron chi connectivity index (χ1n) is 4.99. The maximum Gasteiger partial charge on any atom is 0.343 e. The van der Waals surface area contributed by atoms with Crippen LogP contribution >= 0.6 is 0 Å². The van der Waals surface area contributed by atoms with E-state index in [1.807, 2.05) is 0 Å². The van der Waals surface area contributed by atoms with E-state index < -0.39 is 29.0 Å². The highest BCUT2D eigenvalue weighted by molar-refractivity contribution is 5.91. The van der Waals surface area contributed by atoms with Gasteiger partial charge in [-0.2, -0.15) is 0 Å². The van der Waals surface area contributed by atoms with Crippen molar-refractivity contribution in [2.45, 2.75) is 0 Å². The Morgan fingerprint density at radius 2 is 1.50 bits per heavy atom. The fourth-order valence-electron chi connectivity index (χ4n) is 1.33. The van der Waals surface area contributed by atoms with Crippen molar-refractivity contribution in [2.75, 3.05) is 0 Å². The van der Waals surface area contributed by atoms with E-state index in [0.717, 1.165) is 0 Å². The minimum atomic E-state index is -1.62. The molecular formula is C13H7F3O2. The zero-order valence-electron chi connectivity index (χ0n) is 8.99. The maximum atomic E-state index is 12.9. The minimum absolute atomic E-state index is 0.229. The molecule has 0 spiro atoms. The molecule has 0 aliphatic heterocycles. The van der Waals surface area contributed by atoms with Crippen LogP contribution in [0.1, 0.15) is 10.4 Å². The zero-order chi connectivity index (χ0) is 13.1. The third kappa shape index (κ3) is 2.51. The molecule has 0 amide bonds. The summed E-state index contributed by atoms with van der Waals surface area (Å²) in [7, 11) is 0. The standard InChI is InChI=1S/C13H7F3O2/c14-10-6-8(7-11(15)12(10)16)13(17)18-9-4-2-1-3-5-9/h1-7H. The topological polar surface area (TPSA) is 26.3 Å². The smallest absolute Gasteiger partial charge is 0.343 e. The fraction of sp³-hybridized carbons (Fsp3) is 0. The second kappa shape index (κ2) is 4.91. The molecule has 0 aliphatic carbocycles. The lowest BCUT2D eigenvalue weighted by Gasteiger charge is -2.04. The second-order valence-corrected chi connectivity index (χ2v) is 3.46. The quantitative estimate of drug-likeness (QED) is 0.465. The predicted molar refractivity (Wildman–Crippen MR) is 57.7 cm³/mol. The molecule has 0 unspecified atom stereocenters. The Balaban J connectivity index is 2.25. The molecule has 0 saturated carbocycles. The van der Waals surface area contributed by atoms with Crippen LogP contribution in [0.3, 0.4) is 0 Å². The first kappa shape index (κ1) is 12.2. The Kier molecular flexibility index (Phi) is 3.32. The van der Waals surface area contributed by atoms with Crippen molar-refractivity contribution in [1.82, 2.24) is 0 Å². The molecule has 0 heterocycles. The number of benzene rings is 2. The van der Waals surface area contributed by atoms with Crippen LogP contribution in [0.4, 0.5) is 13.2 Å². The van der Waals surface area contributed by atoms with Gasteiger partial charge in [0, 0.05) is 0 Å². The van der Waals surface area contributed by atoms with Crippen LogP contribution in [0.25, 0.3) is 0 Å². The molecule has 2 aromatic carbocycles. The normalized spacial score (nSPS) is 10.2. The molecule has 0 aliphatic rings. The molecule has 0 radical (unpaired) electrons. The van der Waals surface area contributed by atoms with Crippen molar-refractivity contribution in [3.8, 4) is 5.75 Å². The lowest BCUT2D eigenvalue weighted by atomic mass is 10.2. The number of carbonyl (C=O) groups excluding carboxylic acids is 1. The summed E-state index contributed by atoms with van der Waals surface area (Å²) in [5.41, 5.74) is -0.393. The summed E-state index contributed by atoms with van der Waals surface area (Å²) in [6.45, 7) is 0. The van der Waals surface area contributed by atoms with Crippen LogP contribution < -0.4 is 4.74 Å². The summed E-state index contributed by atoms with van der Waals surface area (Å²) in [6.07, 6.45) is 0. The van der Waals surface area contributed by atoms with Crippen LogP contribution in [0, 0.1) is 17.5 Å². The first-order chi connectivity index (χ1) is 8.58. The van der Waals surface area contributed by atoms with Crippen LogP contribution in [0.2, 0.25) is 0 Å². The highest BCUT2D eigenvalue weighted by atomic mass is 19.2. The third-order valence-corrected chi connectivity index (χ3v) is 2.17. The summed E-state index contributed by atoms with van der Waals surface area (Å²) >= 11 is 0. The highest BCUT2D eigenvalue weighted by Crippen LogP contribution is 2.16. The van der Waals surface area contributed by atoms with Gasteiger partial charge in [-0.05, 0) is 24.3 Å². The second-order valence-electron chi connectivity index (χ2n) is 3.46. The molecule has 92 valence electrons. The summed E-state index contributed by atoms with van der Waals surface area (Å²) < 4.78 is 43.4. The zero-order valence-corrected chi connectivity index (χ0v) is 8.99. The molecule has 0 saturated heterocycles. The van der Waals surface area contributed by atoms with Gasteiger partial charge < -0.3 is 4.74 Å². The van der Waals surface area contributed by atoms with Gasteiger partial charge in [0.05, 0.1) is 5.56 Å². The van der Waals surface area contributed by atoms with Crippen LogP contribution in [-0.2, 0) is 0 Å². The SMILES string of the molecule is O=C(Oc1ccccc1)c1cc(F)c(F)c(F)c1. The molecule has 0 aromatic heterocycles. The van der Waals surface area contributed by atoms with Crippen molar-refractivity contribution in [1.29, 1.82) is 0 Å². The van der Waals surface area contributed by atoms with Gasteiger partial charge in [0.25, 0.3) is 0 Å². The number of hydrogen-bond donors (Lipinski definition) is 0. The molecule has 2 aromatic rings. The highest BCUT2D eigenvalue weighted by Gasteiger charge is 2.16. The number of carbonyl (C=O) groups is 1. The Bertz CT molecular complexity index is 559. The number of hydrogen-bond acceptors (Lipinski definition) is 2. The largest absolute Gasteiger partial charge is 0.423 e. The molecule has 18 heavy (non-hydrogen) atoms. The summed E-state index contributed by atoms with van der Waals surface area (Å²) in [5.74, 6) is -5.22. The van der Waals surface area contributed by atoms with Crippen molar-refractivity contribution in [2.24, 2.45) is 0 Å². The summed E-state index contributed by atoms with van der Waals surface area (Å²) in [4.78, 5) is 11.6. The third-order valence-electron chi connectivity index (χ3n) is 2.17. The number of ether oxygens (including phenoxy) is 1. The lowest BCUT2D eigenvalue weighted by molar-refractivity contribution is 0.0733. The number of para-hydroxylation sites is 1. The van der Waals surface area contributed by atoms with Crippen LogP contribution in [0.15, 0.2) is 42.5 Å². The van der Waals surface area contributed by atoms with Gasteiger partial charge >= 0.3 is 5.97 Å². The Morgan fingerprint density at radius 3 is 2.06 bits per heavy atom. The average Bonchev–Trinajstić information content (AvgIpc) is 2.36. The summed E-state index contributed by atoms with van der Waals surface area (Å²) in [6, 6.07) is 9.17. The Hall–Kier alpha value is -2.30. The van der Waals surface area contributed by atoms with Gasteiger partial charge in [0.2, 0.25) is 0 Å². The fourth-order valence-corrected chi connectivity index (χ4v) is 1.33. The van der Waals surface area contributed by atoms with E-state index in [2.05, 4.69) is 0 Å². The van der Waals surface area contributed by atoms with Gasteiger partial charge in [-0.3, -0.25) is 0 Å². The molecule has 0 bridgehead atoms. The van der Waals surface area contributed by atoms with Crippen molar-refractivity contribution < 1.29 is 22.7 Å². The van der Waals surface area contributed by atoms with Gasteiger partial charge in [-0.1, -0.05) is 18.2 Å². The average molecular weight is 252 g/mol. The number of esters is 1. The lowest BCUT2D eigenvalue weighted by Crippen LogP contribution is -2.10. The van der Waals surface area contributed by atoms with Crippen LogP contribution in [-0.4, -0.2) is 5.97 Å². The monoisotopic (exact) mass is 252 g/mol. The van der Waals surface area contributed by atoms with Gasteiger partial charge in [0.15, 0.2) is 17.5 Å². The van der Waals surface area contributed by atoms with E-state index in [0.29, 0.717) is 12.1 Å². The molecule has 0 atom stereocenters. The predicted octanol–water partition coefficient (Wildman–Crippen LogP) is 3.32. The van der Waals surface area contributed by atoms with Gasteiger partial charge in [-0.15, -0.1) is 0 Å². The van der Waals surface area contributed by atoms with E-state index in [4.69, 9.17) is 4.74 Å². The van der Waals surface area contributed by atoms with E-state index in [1.165, 1.54) is 12.1 Å². The molecule has 0 N–H and O–H groups in total. The molecule has 2 nitrogen and oxygen atoms in total. The molecule has 0 fully saturated rings. The molecule has 5 heteroatoms. The Labute approximate surface area is 101 Å². The Morgan fingerprint density at radius 1 is 0.944 bits per heavy atom. The minimum Gasteiger partial charge on any atom is -0.423 e. The van der Waals surface area contributed by atoms with E-state index in [1.54, 1.807) is 18.2 Å². The number of rotatable bonds is 2. The van der Waals surface area contributed by atoms with E-state index >= 15 is 0 Å². The number of halogens is 3. The van der Waals surface area contributed by atoms with Gasteiger partial charge in [-0.25, -0.2) is 18.0 Å². The molecule has 2 rings (SSSR count).